The number of thiophene rings is 1. The highest BCUT2D eigenvalue weighted by atomic mass is 32.1. The first-order valence-corrected chi connectivity index (χ1v) is 9.30. The molecule has 0 spiro atoms. The maximum absolute atomic E-state index is 12.1. The number of hydrogen-bond donors (Lipinski definition) is 3. The van der Waals surface area contributed by atoms with Gasteiger partial charge in [-0.3, -0.25) is 14.7 Å². The number of nitrogens with one attached hydrogen (secondary N) is 3. The highest BCUT2D eigenvalue weighted by Gasteiger charge is 2.11. The molecule has 0 atom stereocenters. The second-order valence-electron chi connectivity index (χ2n) is 5.77. The number of hydrogen-bond acceptors (Lipinski definition) is 5. The van der Waals surface area contributed by atoms with Crippen LogP contribution in [-0.4, -0.2) is 35.2 Å². The van der Waals surface area contributed by atoms with Crippen LogP contribution in [0.5, 0.6) is 5.75 Å². The van der Waals surface area contributed by atoms with Gasteiger partial charge in [-0.2, -0.15) is 5.10 Å². The van der Waals surface area contributed by atoms with Crippen molar-refractivity contribution in [3.63, 3.8) is 0 Å². The number of ether oxygens (including phenoxy) is 1. The molecule has 3 aromatic rings. The molecule has 8 heteroatoms. The van der Waals surface area contributed by atoms with Gasteiger partial charge in [-0.15, -0.1) is 11.3 Å². The van der Waals surface area contributed by atoms with Crippen molar-refractivity contribution in [2.24, 2.45) is 0 Å². The fraction of sp³-hybridized carbons (Fsp3) is 0.211. The second-order valence-corrected chi connectivity index (χ2v) is 7.05. The van der Waals surface area contributed by atoms with E-state index in [1.165, 1.54) is 4.88 Å². The van der Waals surface area contributed by atoms with Gasteiger partial charge in [0, 0.05) is 16.5 Å². The molecule has 0 aliphatic heterocycles. The summed E-state index contributed by atoms with van der Waals surface area (Å²) in [6.07, 6.45) is 0. The van der Waals surface area contributed by atoms with Crippen LogP contribution in [0.3, 0.4) is 0 Å². The van der Waals surface area contributed by atoms with Crippen LogP contribution < -0.4 is 15.4 Å². The fourth-order valence-electron chi connectivity index (χ4n) is 2.41. The zero-order valence-corrected chi connectivity index (χ0v) is 15.9. The van der Waals surface area contributed by atoms with Gasteiger partial charge in [0.25, 0.3) is 5.91 Å². The number of aromatic nitrogens is 2. The van der Waals surface area contributed by atoms with Crippen LogP contribution in [0.1, 0.15) is 22.2 Å². The molecule has 27 heavy (non-hydrogen) atoms. The standard InChI is InChI=1S/C19H20N4O3S/c1-3-26-14-7-5-13(6-8-14)19(25)20-11-18(24)21-17-10-15(22-23-17)16-9-4-12(2)27-16/h4-10H,3,11H2,1-2H3,(H,20,25)(H2,21,22,23,24). The molecule has 0 saturated heterocycles. The Morgan fingerprint density at radius 3 is 2.63 bits per heavy atom. The van der Waals surface area contributed by atoms with Crippen LogP contribution in [0.15, 0.2) is 42.5 Å². The van der Waals surface area contributed by atoms with Crippen LogP contribution in [0, 0.1) is 6.92 Å². The average Bonchev–Trinajstić information content (AvgIpc) is 3.29. The van der Waals surface area contributed by atoms with Gasteiger partial charge in [0.15, 0.2) is 5.82 Å². The molecule has 3 rings (SSSR count). The minimum atomic E-state index is -0.352. The van der Waals surface area contributed by atoms with E-state index in [1.54, 1.807) is 41.7 Å². The van der Waals surface area contributed by atoms with Gasteiger partial charge in [-0.05, 0) is 50.2 Å². The SMILES string of the molecule is CCOc1ccc(C(=O)NCC(=O)Nc2cc(-c3ccc(C)s3)[nH]n2)cc1. The maximum atomic E-state index is 12.1. The Balaban J connectivity index is 1.50. The number of anilines is 1. The summed E-state index contributed by atoms with van der Waals surface area (Å²) in [6, 6.07) is 12.5. The number of rotatable bonds is 7. The third-order valence-electron chi connectivity index (χ3n) is 3.69. The van der Waals surface area contributed by atoms with Gasteiger partial charge in [-0.25, -0.2) is 0 Å². The van der Waals surface area contributed by atoms with Crippen molar-refractivity contribution in [2.45, 2.75) is 13.8 Å². The molecule has 140 valence electrons. The van der Waals surface area contributed by atoms with Gasteiger partial charge in [-0.1, -0.05) is 0 Å². The molecule has 7 nitrogen and oxygen atoms in total. The summed E-state index contributed by atoms with van der Waals surface area (Å²) in [5, 5.41) is 12.2. The number of H-pyrrole nitrogens is 1. The van der Waals surface area contributed by atoms with E-state index in [0.29, 0.717) is 23.7 Å². The van der Waals surface area contributed by atoms with Gasteiger partial charge < -0.3 is 15.4 Å². The zero-order valence-electron chi connectivity index (χ0n) is 15.0. The molecule has 0 unspecified atom stereocenters. The van der Waals surface area contributed by atoms with Gasteiger partial charge >= 0.3 is 0 Å². The quantitative estimate of drug-likeness (QED) is 0.583. The number of carbonyl (C=O) groups is 2. The Kier molecular flexibility index (Phi) is 5.87. The van der Waals surface area contributed by atoms with E-state index in [1.807, 2.05) is 26.0 Å². The lowest BCUT2D eigenvalue weighted by Crippen LogP contribution is -2.32. The maximum Gasteiger partial charge on any atom is 0.251 e. The van der Waals surface area contributed by atoms with Crippen LogP contribution in [0.2, 0.25) is 0 Å². The minimum absolute atomic E-state index is 0.146. The molecule has 0 saturated carbocycles. The zero-order chi connectivity index (χ0) is 19.2. The molecule has 2 heterocycles. The highest BCUT2D eigenvalue weighted by Crippen LogP contribution is 2.27. The first-order chi connectivity index (χ1) is 13.0. The second kappa shape index (κ2) is 8.50. The van der Waals surface area contributed by atoms with Crippen LogP contribution in [0.4, 0.5) is 5.82 Å². The minimum Gasteiger partial charge on any atom is -0.494 e. The van der Waals surface area contributed by atoms with Crippen LogP contribution in [-0.2, 0) is 4.79 Å². The van der Waals surface area contributed by atoms with E-state index in [-0.39, 0.29) is 18.4 Å². The Hall–Kier alpha value is -3.13. The average molecular weight is 384 g/mol. The summed E-state index contributed by atoms with van der Waals surface area (Å²) in [6.45, 7) is 4.34. The lowest BCUT2D eigenvalue weighted by Gasteiger charge is -2.06. The largest absolute Gasteiger partial charge is 0.494 e. The topological polar surface area (TPSA) is 96.1 Å². The van der Waals surface area contributed by atoms with Crippen LogP contribution in [0.25, 0.3) is 10.6 Å². The summed E-state index contributed by atoms with van der Waals surface area (Å²) in [5.74, 6) is 0.429. The first kappa shape index (κ1) is 18.7. The Morgan fingerprint density at radius 1 is 1.19 bits per heavy atom. The van der Waals surface area contributed by atoms with Gasteiger partial charge in [0.05, 0.1) is 23.7 Å². The molecule has 2 aromatic heterocycles. The summed E-state index contributed by atoms with van der Waals surface area (Å²) in [4.78, 5) is 26.4. The van der Waals surface area contributed by atoms with Crippen LogP contribution >= 0.6 is 11.3 Å². The van der Waals surface area contributed by atoms with Crippen molar-refractivity contribution in [1.82, 2.24) is 15.5 Å². The molecule has 3 N–H and O–H groups in total. The van der Waals surface area contributed by atoms with E-state index in [9.17, 15) is 9.59 Å². The van der Waals surface area contributed by atoms with Crippen molar-refractivity contribution in [2.75, 3.05) is 18.5 Å². The third kappa shape index (κ3) is 4.95. The van der Waals surface area contributed by atoms with E-state index >= 15 is 0 Å². The van der Waals surface area contributed by atoms with Crippen molar-refractivity contribution >= 4 is 29.0 Å². The molecule has 0 aliphatic carbocycles. The predicted octanol–water partition coefficient (Wildman–Crippen LogP) is 3.21. The number of benzene rings is 1. The molecular formula is C19H20N4O3S. The number of amides is 2. The van der Waals surface area contributed by atoms with E-state index in [4.69, 9.17) is 4.74 Å². The molecule has 0 fully saturated rings. The predicted molar refractivity (Wildman–Crippen MR) is 105 cm³/mol. The molecule has 1 aromatic carbocycles. The summed E-state index contributed by atoms with van der Waals surface area (Å²) < 4.78 is 5.34. The van der Waals surface area contributed by atoms with Crippen molar-refractivity contribution in [3.05, 3.63) is 52.9 Å². The lowest BCUT2D eigenvalue weighted by molar-refractivity contribution is -0.115. The molecule has 0 radical (unpaired) electrons. The lowest BCUT2D eigenvalue weighted by atomic mass is 10.2. The van der Waals surface area contributed by atoms with Gasteiger partial charge in [0.2, 0.25) is 5.91 Å². The van der Waals surface area contributed by atoms with Crippen molar-refractivity contribution in [3.8, 4) is 16.3 Å². The molecule has 2 amide bonds. The van der Waals surface area contributed by atoms with Crippen molar-refractivity contribution < 1.29 is 14.3 Å². The summed E-state index contributed by atoms with van der Waals surface area (Å²) in [7, 11) is 0. The smallest absolute Gasteiger partial charge is 0.251 e. The number of nitrogens with zero attached hydrogens (tertiary/aromatic N) is 1. The van der Waals surface area contributed by atoms with E-state index < -0.39 is 0 Å². The Bertz CT molecular complexity index is 931. The van der Waals surface area contributed by atoms with Crippen molar-refractivity contribution in [1.29, 1.82) is 0 Å². The normalized spacial score (nSPS) is 10.4. The first-order valence-electron chi connectivity index (χ1n) is 8.48. The summed E-state index contributed by atoms with van der Waals surface area (Å²) in [5.41, 5.74) is 1.29. The third-order valence-corrected chi connectivity index (χ3v) is 4.72. The van der Waals surface area contributed by atoms with E-state index in [0.717, 1.165) is 10.6 Å². The highest BCUT2D eigenvalue weighted by molar-refractivity contribution is 7.15. The molecule has 0 bridgehead atoms. The number of aromatic amines is 1. The molecular weight excluding hydrogens is 364 g/mol. The fourth-order valence-corrected chi connectivity index (χ4v) is 3.24. The monoisotopic (exact) mass is 384 g/mol. The number of aryl methyl sites for hydroxylation is 1. The summed E-state index contributed by atoms with van der Waals surface area (Å²) >= 11 is 1.64. The van der Waals surface area contributed by atoms with Gasteiger partial charge in [0.1, 0.15) is 5.75 Å². The Morgan fingerprint density at radius 2 is 1.96 bits per heavy atom. The number of carbonyl (C=O) groups excluding carboxylic acids is 2. The Labute approximate surface area is 160 Å². The molecule has 0 aliphatic rings. The van der Waals surface area contributed by atoms with E-state index in [2.05, 4.69) is 20.8 Å².